The van der Waals surface area contributed by atoms with E-state index in [9.17, 15) is 0 Å². The first-order valence-electron chi connectivity index (χ1n) is 6.81. The van der Waals surface area contributed by atoms with Crippen molar-refractivity contribution in [3.05, 3.63) is 0 Å². The third kappa shape index (κ3) is 4.12. The van der Waals surface area contributed by atoms with Crippen LogP contribution in [0.25, 0.3) is 0 Å². The van der Waals surface area contributed by atoms with E-state index in [4.69, 9.17) is 0 Å². The van der Waals surface area contributed by atoms with Crippen molar-refractivity contribution in [2.24, 2.45) is 11.8 Å². The number of nitrogens with one attached hydrogen (secondary N) is 1. The van der Waals surface area contributed by atoms with Gasteiger partial charge in [0.2, 0.25) is 0 Å². The quantitative estimate of drug-likeness (QED) is 0.722. The molecule has 0 unspecified atom stereocenters. The summed E-state index contributed by atoms with van der Waals surface area (Å²) in [4.78, 5) is 2.73. The van der Waals surface area contributed by atoms with Gasteiger partial charge >= 0.3 is 0 Å². The Kier molecular flexibility index (Phi) is 4.45. The Morgan fingerprint density at radius 2 is 1.60 bits per heavy atom. The molecule has 2 heteroatoms. The molecule has 15 heavy (non-hydrogen) atoms. The normalized spacial score (nSPS) is 23.6. The highest BCUT2D eigenvalue weighted by Gasteiger charge is 2.25. The van der Waals surface area contributed by atoms with Crippen LogP contribution < -0.4 is 5.32 Å². The lowest BCUT2D eigenvalue weighted by Crippen LogP contribution is -2.37. The lowest BCUT2D eigenvalue weighted by molar-refractivity contribution is 0.199. The first kappa shape index (κ1) is 11.4. The summed E-state index contributed by atoms with van der Waals surface area (Å²) in [5, 5.41) is 3.45. The van der Waals surface area contributed by atoms with Crippen LogP contribution in [0.15, 0.2) is 0 Å². The number of hydrogen-bond donors (Lipinski definition) is 1. The number of piperidine rings is 1. The third-order valence-electron chi connectivity index (χ3n) is 3.73. The van der Waals surface area contributed by atoms with Gasteiger partial charge in [0.1, 0.15) is 0 Å². The van der Waals surface area contributed by atoms with Crippen molar-refractivity contribution in [2.75, 3.05) is 32.7 Å². The molecule has 0 bridgehead atoms. The van der Waals surface area contributed by atoms with Crippen LogP contribution >= 0.6 is 0 Å². The number of nitrogens with zero attached hydrogens (tertiary/aromatic N) is 1. The molecule has 0 aromatic carbocycles. The predicted molar refractivity (Wildman–Crippen MR) is 65.0 cm³/mol. The maximum Gasteiger partial charge on any atom is 0.00107 e. The van der Waals surface area contributed by atoms with Crippen molar-refractivity contribution < 1.29 is 0 Å². The van der Waals surface area contributed by atoms with Gasteiger partial charge in [-0.1, -0.05) is 6.92 Å². The molecule has 2 aliphatic rings. The van der Waals surface area contributed by atoms with Gasteiger partial charge in [-0.3, -0.25) is 0 Å². The minimum absolute atomic E-state index is 0.969. The second-order valence-corrected chi connectivity index (χ2v) is 5.40. The molecule has 0 spiro atoms. The van der Waals surface area contributed by atoms with Crippen LogP contribution in [0.1, 0.15) is 39.0 Å². The van der Waals surface area contributed by atoms with Crippen molar-refractivity contribution in [3.63, 3.8) is 0 Å². The fraction of sp³-hybridized carbons (Fsp3) is 1.00. The summed E-state index contributed by atoms with van der Waals surface area (Å²) in [6.07, 6.45) is 7.09. The van der Waals surface area contributed by atoms with Gasteiger partial charge in [-0.25, -0.2) is 0 Å². The number of rotatable bonds is 6. The first-order valence-corrected chi connectivity index (χ1v) is 6.81. The standard InChI is InChI=1S/C13H26N2/c1-2-9-15(10-12-3-4-12)11-13-5-7-14-8-6-13/h12-14H,2-11H2,1H3. The van der Waals surface area contributed by atoms with E-state index in [1.807, 2.05) is 0 Å². The second kappa shape index (κ2) is 5.86. The fourth-order valence-corrected chi connectivity index (χ4v) is 2.67. The highest BCUT2D eigenvalue weighted by Crippen LogP contribution is 2.30. The molecule has 0 atom stereocenters. The molecule has 0 amide bonds. The van der Waals surface area contributed by atoms with Gasteiger partial charge < -0.3 is 10.2 Å². The molecule has 2 rings (SSSR count). The molecule has 88 valence electrons. The minimum atomic E-state index is 0.969. The summed E-state index contributed by atoms with van der Waals surface area (Å²) in [5.41, 5.74) is 0. The average Bonchev–Trinajstić information content (AvgIpc) is 3.03. The third-order valence-corrected chi connectivity index (χ3v) is 3.73. The van der Waals surface area contributed by atoms with Gasteiger partial charge in [0.05, 0.1) is 0 Å². The highest BCUT2D eigenvalue weighted by atomic mass is 15.1. The first-order chi connectivity index (χ1) is 7.38. The molecule has 1 heterocycles. The summed E-state index contributed by atoms with van der Waals surface area (Å²) in [6, 6.07) is 0. The van der Waals surface area contributed by atoms with Gasteiger partial charge in [-0.05, 0) is 63.6 Å². The lowest BCUT2D eigenvalue weighted by atomic mass is 9.97. The Morgan fingerprint density at radius 3 is 2.13 bits per heavy atom. The van der Waals surface area contributed by atoms with E-state index in [0.717, 1.165) is 11.8 Å². The van der Waals surface area contributed by atoms with Crippen LogP contribution in [0.3, 0.4) is 0 Å². The molecule has 1 N–H and O–H groups in total. The smallest absolute Gasteiger partial charge is 0.00107 e. The summed E-state index contributed by atoms with van der Waals surface area (Å²) < 4.78 is 0. The predicted octanol–water partition coefficient (Wildman–Crippen LogP) is 2.11. The molecule has 0 aromatic rings. The Balaban J connectivity index is 1.70. The second-order valence-electron chi connectivity index (χ2n) is 5.40. The Labute approximate surface area is 94.4 Å². The minimum Gasteiger partial charge on any atom is -0.317 e. The Hall–Kier alpha value is -0.0800. The summed E-state index contributed by atoms with van der Waals surface area (Å²) >= 11 is 0. The number of hydrogen-bond acceptors (Lipinski definition) is 2. The lowest BCUT2D eigenvalue weighted by Gasteiger charge is -2.30. The van der Waals surface area contributed by atoms with E-state index in [0.29, 0.717) is 0 Å². The van der Waals surface area contributed by atoms with Gasteiger partial charge in [0, 0.05) is 13.1 Å². The molecular formula is C13H26N2. The zero-order chi connectivity index (χ0) is 10.5. The summed E-state index contributed by atoms with van der Waals surface area (Å²) in [6.45, 7) is 8.87. The van der Waals surface area contributed by atoms with Crippen LogP contribution in [0.4, 0.5) is 0 Å². The van der Waals surface area contributed by atoms with Crippen LogP contribution in [0.2, 0.25) is 0 Å². The van der Waals surface area contributed by atoms with E-state index >= 15 is 0 Å². The van der Waals surface area contributed by atoms with Crippen molar-refractivity contribution >= 4 is 0 Å². The van der Waals surface area contributed by atoms with E-state index in [1.165, 1.54) is 64.8 Å². The SMILES string of the molecule is CCCN(CC1CCNCC1)CC1CC1. The van der Waals surface area contributed by atoms with E-state index in [2.05, 4.69) is 17.1 Å². The topological polar surface area (TPSA) is 15.3 Å². The molecule has 2 nitrogen and oxygen atoms in total. The monoisotopic (exact) mass is 210 g/mol. The molecule has 1 saturated carbocycles. The molecular weight excluding hydrogens is 184 g/mol. The maximum absolute atomic E-state index is 3.45. The van der Waals surface area contributed by atoms with Crippen LogP contribution in [0.5, 0.6) is 0 Å². The molecule has 1 saturated heterocycles. The van der Waals surface area contributed by atoms with Gasteiger partial charge in [-0.15, -0.1) is 0 Å². The maximum atomic E-state index is 3.45. The van der Waals surface area contributed by atoms with Crippen molar-refractivity contribution in [1.82, 2.24) is 10.2 Å². The largest absolute Gasteiger partial charge is 0.317 e. The van der Waals surface area contributed by atoms with Crippen LogP contribution in [0, 0.1) is 11.8 Å². The molecule has 1 aliphatic carbocycles. The molecule has 0 aromatic heterocycles. The average molecular weight is 210 g/mol. The van der Waals surface area contributed by atoms with Crippen LogP contribution in [-0.2, 0) is 0 Å². The Bertz CT molecular complexity index is 171. The van der Waals surface area contributed by atoms with Crippen molar-refractivity contribution in [3.8, 4) is 0 Å². The summed E-state index contributed by atoms with van der Waals surface area (Å²) in [7, 11) is 0. The highest BCUT2D eigenvalue weighted by molar-refractivity contribution is 4.79. The zero-order valence-electron chi connectivity index (χ0n) is 10.2. The fourth-order valence-electron chi connectivity index (χ4n) is 2.67. The van der Waals surface area contributed by atoms with E-state index in [1.54, 1.807) is 0 Å². The Morgan fingerprint density at radius 1 is 1.00 bits per heavy atom. The van der Waals surface area contributed by atoms with E-state index in [-0.39, 0.29) is 0 Å². The zero-order valence-corrected chi connectivity index (χ0v) is 10.2. The summed E-state index contributed by atoms with van der Waals surface area (Å²) in [5.74, 6) is 2.02. The van der Waals surface area contributed by atoms with Gasteiger partial charge in [0.25, 0.3) is 0 Å². The van der Waals surface area contributed by atoms with Crippen molar-refractivity contribution in [2.45, 2.75) is 39.0 Å². The molecule has 1 aliphatic heterocycles. The molecule has 0 radical (unpaired) electrons. The van der Waals surface area contributed by atoms with Crippen molar-refractivity contribution in [1.29, 1.82) is 0 Å². The molecule has 2 fully saturated rings. The van der Waals surface area contributed by atoms with Crippen LogP contribution in [-0.4, -0.2) is 37.6 Å². The van der Waals surface area contributed by atoms with Gasteiger partial charge in [-0.2, -0.15) is 0 Å². The van der Waals surface area contributed by atoms with Gasteiger partial charge in [0.15, 0.2) is 0 Å². The van der Waals surface area contributed by atoms with E-state index < -0.39 is 0 Å².